The van der Waals surface area contributed by atoms with Crippen LogP contribution in [0.25, 0.3) is 16.3 Å². The van der Waals surface area contributed by atoms with Gasteiger partial charge in [0.05, 0.1) is 23.4 Å². The van der Waals surface area contributed by atoms with Gasteiger partial charge in [0.2, 0.25) is 0 Å². The van der Waals surface area contributed by atoms with Gasteiger partial charge in [-0.2, -0.15) is 5.10 Å². The maximum Gasteiger partial charge on any atom is 0.357 e. The minimum atomic E-state index is -0.764. The number of rotatable bonds is 7. The molecule has 0 bridgehead atoms. The van der Waals surface area contributed by atoms with E-state index in [1.807, 2.05) is 35.7 Å². The molecule has 10 heteroatoms. The first-order valence-corrected chi connectivity index (χ1v) is 10.4. The summed E-state index contributed by atoms with van der Waals surface area (Å²) in [6.45, 7) is -0.505. The van der Waals surface area contributed by atoms with Crippen molar-refractivity contribution in [1.29, 1.82) is 0 Å². The second-order valence-corrected chi connectivity index (χ2v) is 7.47. The molecule has 32 heavy (non-hydrogen) atoms. The van der Waals surface area contributed by atoms with Gasteiger partial charge in [-0.05, 0) is 35.7 Å². The van der Waals surface area contributed by atoms with Crippen LogP contribution in [0.4, 0.5) is 4.79 Å². The molecule has 4 aromatic rings. The van der Waals surface area contributed by atoms with Crippen molar-refractivity contribution in [1.82, 2.24) is 20.4 Å². The van der Waals surface area contributed by atoms with Gasteiger partial charge in [0.25, 0.3) is 5.91 Å². The summed E-state index contributed by atoms with van der Waals surface area (Å²) in [6, 6.07) is 17.1. The highest BCUT2D eigenvalue weighted by Gasteiger charge is 2.20. The minimum absolute atomic E-state index is 0.119. The largest absolute Gasteiger partial charge is 0.467 e. The number of thiophene rings is 1. The Balaban J connectivity index is 1.40. The Morgan fingerprint density at radius 2 is 1.91 bits per heavy atom. The average Bonchev–Trinajstić information content (AvgIpc) is 3.57. The van der Waals surface area contributed by atoms with Gasteiger partial charge in [-0.3, -0.25) is 10.1 Å². The zero-order chi connectivity index (χ0) is 22.3. The lowest BCUT2D eigenvalue weighted by Crippen LogP contribution is -2.41. The number of furan rings is 1. The summed E-state index contributed by atoms with van der Waals surface area (Å²) in [5.41, 5.74) is 1.44. The molecule has 3 heterocycles. The molecule has 1 aromatic carbocycles. The minimum Gasteiger partial charge on any atom is -0.467 e. The van der Waals surface area contributed by atoms with Crippen molar-refractivity contribution in [3.63, 3.8) is 0 Å². The van der Waals surface area contributed by atoms with E-state index < -0.39 is 24.5 Å². The molecule has 0 saturated carbocycles. The SMILES string of the molecule is O=C(COC(=O)c1cc(-c2cccs2)nn1-c1ccccc1)NC(=O)NCc1ccco1. The van der Waals surface area contributed by atoms with Crippen molar-refractivity contribution in [2.24, 2.45) is 0 Å². The first kappa shape index (κ1) is 21.1. The van der Waals surface area contributed by atoms with Crippen LogP contribution < -0.4 is 10.6 Å². The smallest absolute Gasteiger partial charge is 0.357 e. The third-order valence-electron chi connectivity index (χ3n) is 4.28. The number of nitrogens with zero attached hydrogens (tertiary/aromatic N) is 2. The van der Waals surface area contributed by atoms with Crippen molar-refractivity contribution < 1.29 is 23.5 Å². The van der Waals surface area contributed by atoms with E-state index in [0.717, 1.165) is 4.88 Å². The van der Waals surface area contributed by atoms with Gasteiger partial charge < -0.3 is 14.5 Å². The average molecular weight is 450 g/mol. The Morgan fingerprint density at radius 3 is 2.62 bits per heavy atom. The molecule has 0 fully saturated rings. The summed E-state index contributed by atoms with van der Waals surface area (Å²) in [7, 11) is 0. The lowest BCUT2D eigenvalue weighted by Gasteiger charge is -2.08. The maximum atomic E-state index is 12.7. The topological polar surface area (TPSA) is 115 Å². The molecule has 4 rings (SSSR count). The third-order valence-corrected chi connectivity index (χ3v) is 5.18. The van der Waals surface area contributed by atoms with Crippen LogP contribution in [-0.4, -0.2) is 34.3 Å². The maximum absolute atomic E-state index is 12.7. The fourth-order valence-electron chi connectivity index (χ4n) is 2.83. The lowest BCUT2D eigenvalue weighted by molar-refractivity contribution is -0.123. The number of esters is 1. The number of para-hydroxylation sites is 1. The number of carbonyl (C=O) groups is 3. The summed E-state index contributed by atoms with van der Waals surface area (Å²) in [4.78, 5) is 37.4. The van der Waals surface area contributed by atoms with Crippen LogP contribution in [-0.2, 0) is 16.1 Å². The molecule has 3 amide bonds. The lowest BCUT2D eigenvalue weighted by atomic mass is 10.3. The van der Waals surface area contributed by atoms with Gasteiger partial charge in [-0.1, -0.05) is 24.3 Å². The standard InChI is InChI=1S/C22H18N4O5S/c27-20(24-22(29)23-13-16-8-4-10-30-16)14-31-21(28)18-12-17(19-9-5-11-32-19)25-26(18)15-6-2-1-3-7-15/h1-12H,13-14H2,(H2,23,24,27,29). The number of imide groups is 1. The zero-order valence-electron chi connectivity index (χ0n) is 16.7. The van der Waals surface area contributed by atoms with Gasteiger partial charge in [-0.25, -0.2) is 14.3 Å². The van der Waals surface area contributed by atoms with Gasteiger partial charge in [0, 0.05) is 6.07 Å². The summed E-state index contributed by atoms with van der Waals surface area (Å²) in [6.07, 6.45) is 1.48. The van der Waals surface area contributed by atoms with E-state index in [0.29, 0.717) is 17.1 Å². The molecule has 0 aliphatic heterocycles. The highest BCUT2D eigenvalue weighted by molar-refractivity contribution is 7.13. The molecular weight excluding hydrogens is 432 g/mol. The van der Waals surface area contributed by atoms with Crippen LogP contribution in [0.3, 0.4) is 0 Å². The van der Waals surface area contributed by atoms with E-state index in [2.05, 4.69) is 15.7 Å². The molecule has 9 nitrogen and oxygen atoms in total. The first-order valence-electron chi connectivity index (χ1n) is 9.57. The molecule has 0 atom stereocenters. The number of hydrogen-bond acceptors (Lipinski definition) is 7. The van der Waals surface area contributed by atoms with Gasteiger partial charge >= 0.3 is 12.0 Å². The summed E-state index contributed by atoms with van der Waals surface area (Å²) >= 11 is 1.49. The Labute approximate surface area is 186 Å². The summed E-state index contributed by atoms with van der Waals surface area (Å²) in [5, 5.41) is 11.0. The van der Waals surface area contributed by atoms with E-state index in [-0.39, 0.29) is 12.2 Å². The fraction of sp³-hybridized carbons (Fsp3) is 0.0909. The quantitative estimate of drug-likeness (QED) is 0.417. The molecule has 3 aromatic heterocycles. The van der Waals surface area contributed by atoms with Crippen LogP contribution in [0.5, 0.6) is 0 Å². The first-order chi connectivity index (χ1) is 15.6. The normalized spacial score (nSPS) is 10.5. The number of ether oxygens (including phenoxy) is 1. The van der Waals surface area contributed by atoms with Gasteiger partial charge in [0.15, 0.2) is 12.3 Å². The van der Waals surface area contributed by atoms with Gasteiger partial charge in [0.1, 0.15) is 11.5 Å². The highest BCUT2D eigenvalue weighted by Crippen LogP contribution is 2.26. The Kier molecular flexibility index (Phi) is 6.42. The number of nitrogens with one attached hydrogen (secondary N) is 2. The second-order valence-electron chi connectivity index (χ2n) is 6.53. The van der Waals surface area contributed by atoms with E-state index in [1.54, 1.807) is 30.3 Å². The fourth-order valence-corrected chi connectivity index (χ4v) is 3.51. The monoisotopic (exact) mass is 450 g/mol. The van der Waals surface area contributed by atoms with Crippen molar-refractivity contribution in [3.8, 4) is 16.3 Å². The van der Waals surface area contributed by atoms with E-state index in [9.17, 15) is 14.4 Å². The molecule has 0 aliphatic carbocycles. The van der Waals surface area contributed by atoms with Crippen molar-refractivity contribution in [3.05, 3.63) is 83.8 Å². The number of amides is 3. The number of urea groups is 1. The van der Waals surface area contributed by atoms with Crippen LogP contribution >= 0.6 is 11.3 Å². The Morgan fingerprint density at radius 1 is 1.06 bits per heavy atom. The number of carbonyl (C=O) groups excluding carboxylic acids is 3. The second kappa shape index (κ2) is 9.75. The van der Waals surface area contributed by atoms with Crippen LogP contribution in [0.2, 0.25) is 0 Å². The van der Waals surface area contributed by atoms with Crippen LogP contribution in [0.1, 0.15) is 16.2 Å². The Bertz CT molecular complexity index is 1200. The molecule has 0 radical (unpaired) electrons. The molecule has 0 aliphatic rings. The summed E-state index contributed by atoms with van der Waals surface area (Å²) < 4.78 is 11.7. The molecule has 0 saturated heterocycles. The molecule has 162 valence electrons. The van der Waals surface area contributed by atoms with Crippen molar-refractivity contribution in [2.75, 3.05) is 6.61 Å². The van der Waals surface area contributed by atoms with E-state index >= 15 is 0 Å². The summed E-state index contributed by atoms with van der Waals surface area (Å²) in [5.74, 6) is -0.968. The zero-order valence-corrected chi connectivity index (χ0v) is 17.5. The number of hydrogen-bond donors (Lipinski definition) is 2. The van der Waals surface area contributed by atoms with Crippen LogP contribution in [0.15, 0.2) is 76.7 Å². The predicted octanol–water partition coefficient (Wildman–Crippen LogP) is 3.38. The van der Waals surface area contributed by atoms with E-state index in [1.165, 1.54) is 22.3 Å². The molecular formula is C22H18N4O5S. The van der Waals surface area contributed by atoms with Crippen LogP contribution in [0, 0.1) is 0 Å². The highest BCUT2D eigenvalue weighted by atomic mass is 32.1. The number of benzene rings is 1. The molecule has 2 N–H and O–H groups in total. The Hall–Kier alpha value is -4.18. The number of aromatic nitrogens is 2. The predicted molar refractivity (Wildman–Crippen MR) is 116 cm³/mol. The van der Waals surface area contributed by atoms with Gasteiger partial charge in [-0.15, -0.1) is 11.3 Å². The molecule has 0 unspecified atom stereocenters. The molecule has 0 spiro atoms. The third kappa shape index (κ3) is 5.10. The van der Waals surface area contributed by atoms with E-state index in [4.69, 9.17) is 9.15 Å². The van der Waals surface area contributed by atoms with Crippen molar-refractivity contribution >= 4 is 29.2 Å². The van der Waals surface area contributed by atoms with Crippen molar-refractivity contribution in [2.45, 2.75) is 6.54 Å².